The number of H-pyrrole nitrogens is 1. The van der Waals surface area contributed by atoms with Crippen LogP contribution in [0.5, 0.6) is 0 Å². The molecule has 1 fully saturated rings. The minimum absolute atomic E-state index is 0.0328. The van der Waals surface area contributed by atoms with Crippen molar-refractivity contribution in [3.8, 4) is 0 Å². The number of nitrogens with one attached hydrogen (secondary N) is 1. The summed E-state index contributed by atoms with van der Waals surface area (Å²) < 4.78 is 5.38. The maximum Gasteiger partial charge on any atom is 0.252 e. The number of carbonyl (C=O) groups is 1. The second-order valence-corrected chi connectivity index (χ2v) is 7.85. The molecule has 3 heterocycles. The van der Waals surface area contributed by atoms with Gasteiger partial charge in [-0.05, 0) is 23.6 Å². The fourth-order valence-electron chi connectivity index (χ4n) is 4.40. The van der Waals surface area contributed by atoms with Crippen molar-refractivity contribution in [1.82, 2.24) is 9.97 Å². The van der Waals surface area contributed by atoms with Crippen LogP contribution in [-0.4, -0.2) is 42.2 Å². The molecule has 5 rings (SSSR count). The van der Waals surface area contributed by atoms with E-state index in [9.17, 15) is 9.59 Å². The van der Waals surface area contributed by atoms with Crippen molar-refractivity contribution >= 4 is 17.4 Å². The monoisotopic (exact) mass is 416 g/mol. The van der Waals surface area contributed by atoms with E-state index in [4.69, 9.17) is 4.74 Å². The number of para-hydroxylation sites is 1. The summed E-state index contributed by atoms with van der Waals surface area (Å²) in [7, 11) is 0. The van der Waals surface area contributed by atoms with Gasteiger partial charge in [0.05, 0.1) is 25.7 Å². The number of carbonyl (C=O) groups excluding carboxylic acids is 1. The Hall–Kier alpha value is -3.45. The van der Waals surface area contributed by atoms with Gasteiger partial charge in [0.2, 0.25) is 5.91 Å². The standard InChI is InChI=1S/C24H24N4O3/c29-23-16-22(27-10-12-31-13-11-27)25-21(26-23)15-24(30)28-19-9-5-4-8-18(19)14-20(28)17-6-2-1-3-7-17/h1-9,16,20H,10-15H2,(H,25,26,29). The summed E-state index contributed by atoms with van der Waals surface area (Å²) in [6.07, 6.45) is 0.800. The van der Waals surface area contributed by atoms with E-state index in [0.29, 0.717) is 37.9 Å². The molecule has 0 radical (unpaired) electrons. The number of amides is 1. The summed E-state index contributed by atoms with van der Waals surface area (Å²) in [5.74, 6) is 0.896. The normalized spacial score (nSPS) is 18.1. The molecule has 0 saturated carbocycles. The van der Waals surface area contributed by atoms with Crippen molar-refractivity contribution < 1.29 is 9.53 Å². The van der Waals surface area contributed by atoms with Crippen molar-refractivity contribution in [2.75, 3.05) is 36.1 Å². The fraction of sp³-hybridized carbons (Fsp3) is 0.292. The molecule has 1 saturated heterocycles. The molecule has 1 atom stereocenters. The van der Waals surface area contributed by atoms with Crippen molar-refractivity contribution in [3.63, 3.8) is 0 Å². The zero-order chi connectivity index (χ0) is 21.2. The number of morpholine rings is 1. The van der Waals surface area contributed by atoms with E-state index in [2.05, 4.69) is 28.2 Å². The Morgan fingerprint density at radius 3 is 2.61 bits per heavy atom. The van der Waals surface area contributed by atoms with Crippen LogP contribution in [0.2, 0.25) is 0 Å². The quantitative estimate of drug-likeness (QED) is 0.707. The summed E-state index contributed by atoms with van der Waals surface area (Å²) in [4.78, 5) is 37.0. The summed E-state index contributed by atoms with van der Waals surface area (Å²) in [5.41, 5.74) is 2.91. The first-order valence-electron chi connectivity index (χ1n) is 10.6. The molecule has 31 heavy (non-hydrogen) atoms. The topological polar surface area (TPSA) is 78.5 Å². The van der Waals surface area contributed by atoms with Gasteiger partial charge in [0.15, 0.2) is 0 Å². The number of hydrogen-bond donors (Lipinski definition) is 1. The fourth-order valence-corrected chi connectivity index (χ4v) is 4.40. The van der Waals surface area contributed by atoms with Crippen LogP contribution in [0.4, 0.5) is 11.5 Å². The Balaban J connectivity index is 1.44. The zero-order valence-corrected chi connectivity index (χ0v) is 17.2. The van der Waals surface area contributed by atoms with Crippen LogP contribution < -0.4 is 15.4 Å². The van der Waals surface area contributed by atoms with E-state index in [-0.39, 0.29) is 23.9 Å². The van der Waals surface area contributed by atoms with Crippen LogP contribution in [-0.2, 0) is 22.4 Å². The first-order valence-corrected chi connectivity index (χ1v) is 10.6. The van der Waals surface area contributed by atoms with Gasteiger partial charge in [0.25, 0.3) is 5.56 Å². The number of fused-ring (bicyclic) bond motifs is 1. The maximum atomic E-state index is 13.5. The molecule has 0 spiro atoms. The van der Waals surface area contributed by atoms with Crippen LogP contribution in [0.25, 0.3) is 0 Å². The molecular weight excluding hydrogens is 392 g/mol. The molecular formula is C24H24N4O3. The van der Waals surface area contributed by atoms with E-state index < -0.39 is 0 Å². The number of aromatic nitrogens is 2. The molecule has 2 aliphatic heterocycles. The van der Waals surface area contributed by atoms with Gasteiger partial charge in [-0.25, -0.2) is 4.98 Å². The second-order valence-electron chi connectivity index (χ2n) is 7.85. The zero-order valence-electron chi connectivity index (χ0n) is 17.2. The van der Waals surface area contributed by atoms with Gasteiger partial charge in [0, 0.05) is 24.8 Å². The number of anilines is 2. The lowest BCUT2D eigenvalue weighted by Gasteiger charge is -2.28. The average molecular weight is 416 g/mol. The summed E-state index contributed by atoms with van der Waals surface area (Å²) in [6, 6.07) is 19.5. The minimum atomic E-state index is -0.249. The first kappa shape index (κ1) is 19.5. The van der Waals surface area contributed by atoms with Gasteiger partial charge >= 0.3 is 0 Å². The Bertz CT molecular complexity index is 1140. The number of aromatic amines is 1. The van der Waals surface area contributed by atoms with Crippen molar-refractivity contribution in [2.45, 2.75) is 18.9 Å². The van der Waals surface area contributed by atoms with Crippen LogP contribution in [0.15, 0.2) is 65.5 Å². The highest BCUT2D eigenvalue weighted by atomic mass is 16.5. The van der Waals surface area contributed by atoms with E-state index >= 15 is 0 Å². The van der Waals surface area contributed by atoms with Crippen LogP contribution in [0.1, 0.15) is 23.0 Å². The summed E-state index contributed by atoms with van der Waals surface area (Å²) in [6.45, 7) is 2.57. The third-order valence-corrected chi connectivity index (χ3v) is 5.86. The van der Waals surface area contributed by atoms with Crippen molar-refractivity contribution in [2.24, 2.45) is 0 Å². The predicted molar refractivity (Wildman–Crippen MR) is 118 cm³/mol. The smallest absolute Gasteiger partial charge is 0.252 e. The molecule has 1 aromatic heterocycles. The minimum Gasteiger partial charge on any atom is -0.378 e. The highest BCUT2D eigenvalue weighted by Crippen LogP contribution is 2.40. The number of rotatable bonds is 4. The van der Waals surface area contributed by atoms with Crippen molar-refractivity contribution in [1.29, 1.82) is 0 Å². The highest BCUT2D eigenvalue weighted by Gasteiger charge is 2.34. The second kappa shape index (κ2) is 8.35. The van der Waals surface area contributed by atoms with E-state index in [1.54, 1.807) is 0 Å². The summed E-state index contributed by atoms with van der Waals surface area (Å²) in [5, 5.41) is 0. The van der Waals surface area contributed by atoms with E-state index in [1.165, 1.54) is 6.07 Å². The lowest BCUT2D eigenvalue weighted by molar-refractivity contribution is -0.118. The number of hydrogen-bond acceptors (Lipinski definition) is 5. The molecule has 1 unspecified atom stereocenters. The summed E-state index contributed by atoms with van der Waals surface area (Å²) >= 11 is 0. The van der Waals surface area contributed by atoms with Gasteiger partial charge in [-0.1, -0.05) is 48.5 Å². The highest BCUT2D eigenvalue weighted by molar-refractivity contribution is 5.97. The maximum absolute atomic E-state index is 13.5. The molecule has 2 aromatic carbocycles. The molecule has 1 amide bonds. The number of ether oxygens (including phenoxy) is 1. The molecule has 1 N–H and O–H groups in total. The van der Waals surface area contributed by atoms with Gasteiger partial charge in [-0.3, -0.25) is 9.59 Å². The lowest BCUT2D eigenvalue weighted by Crippen LogP contribution is -2.38. The average Bonchev–Trinajstić information content (AvgIpc) is 3.20. The number of nitrogens with zero attached hydrogens (tertiary/aromatic N) is 3. The predicted octanol–water partition coefficient (Wildman–Crippen LogP) is 2.48. The molecule has 7 nitrogen and oxygen atoms in total. The van der Waals surface area contributed by atoms with Crippen LogP contribution >= 0.6 is 0 Å². The molecule has 3 aromatic rings. The van der Waals surface area contributed by atoms with E-state index in [0.717, 1.165) is 23.2 Å². The molecule has 158 valence electrons. The Morgan fingerprint density at radius 2 is 1.81 bits per heavy atom. The lowest BCUT2D eigenvalue weighted by atomic mass is 10.0. The molecule has 0 bridgehead atoms. The van der Waals surface area contributed by atoms with Gasteiger partial charge < -0.3 is 19.5 Å². The van der Waals surface area contributed by atoms with Crippen LogP contribution in [0.3, 0.4) is 0 Å². The molecule has 7 heteroatoms. The molecule has 0 aliphatic carbocycles. The van der Waals surface area contributed by atoms with Crippen LogP contribution in [0, 0.1) is 0 Å². The Kier molecular flexibility index (Phi) is 5.26. The largest absolute Gasteiger partial charge is 0.378 e. The number of benzene rings is 2. The third kappa shape index (κ3) is 3.96. The van der Waals surface area contributed by atoms with Gasteiger partial charge in [0.1, 0.15) is 11.6 Å². The third-order valence-electron chi connectivity index (χ3n) is 5.86. The van der Waals surface area contributed by atoms with Crippen molar-refractivity contribution in [3.05, 3.63) is 88.0 Å². The first-order chi connectivity index (χ1) is 15.2. The Labute approximate surface area is 180 Å². The van der Waals surface area contributed by atoms with Gasteiger partial charge in [-0.15, -0.1) is 0 Å². The SMILES string of the molecule is O=C(Cc1nc(N2CCOCC2)cc(=O)[nH]1)N1c2ccccc2CC1c1ccccc1. The van der Waals surface area contributed by atoms with Gasteiger partial charge in [-0.2, -0.15) is 0 Å². The van der Waals surface area contributed by atoms with E-state index in [1.807, 2.05) is 46.2 Å². The Morgan fingerprint density at radius 1 is 1.06 bits per heavy atom. The molecule has 2 aliphatic rings.